The Kier molecular flexibility index (Phi) is 3.65. The van der Waals surface area contributed by atoms with Gasteiger partial charge in [-0.2, -0.15) is 0 Å². The molecule has 1 aliphatic rings. The summed E-state index contributed by atoms with van der Waals surface area (Å²) < 4.78 is 13.0. The van der Waals surface area contributed by atoms with Crippen LogP contribution in [0.3, 0.4) is 0 Å². The molecule has 0 atom stereocenters. The third kappa shape index (κ3) is 2.71. The molecule has 3 aromatic rings. The molecule has 0 unspecified atom stereocenters. The van der Waals surface area contributed by atoms with Crippen molar-refractivity contribution < 1.29 is 9.18 Å². The van der Waals surface area contributed by atoms with Gasteiger partial charge in [-0.15, -0.1) is 11.3 Å². The van der Waals surface area contributed by atoms with E-state index in [1.54, 1.807) is 12.1 Å². The largest absolute Gasteiger partial charge is 0.301 e. The zero-order valence-electron chi connectivity index (χ0n) is 12.8. The molecule has 3 nitrogen and oxygen atoms in total. The summed E-state index contributed by atoms with van der Waals surface area (Å²) in [5.74, 6) is -0.283. The van der Waals surface area contributed by atoms with Gasteiger partial charge in [-0.25, -0.2) is 9.37 Å². The van der Waals surface area contributed by atoms with Crippen LogP contribution in [0.25, 0.3) is 11.3 Å². The van der Waals surface area contributed by atoms with Gasteiger partial charge in [0.2, 0.25) is 5.91 Å². The number of anilines is 1. The number of nitrogens with zero attached hydrogens (tertiary/aromatic N) is 1. The molecule has 2 aromatic carbocycles. The van der Waals surface area contributed by atoms with E-state index in [1.165, 1.54) is 23.5 Å². The predicted molar refractivity (Wildman–Crippen MR) is 93.5 cm³/mol. The summed E-state index contributed by atoms with van der Waals surface area (Å²) in [4.78, 5) is 17.1. The molecule has 1 amide bonds. The SMILES string of the molecule is O=C(Nc1nc(-c2ccc(F)cc2)cs1)C1(c2ccccc2)CC1. The fourth-order valence-corrected chi connectivity index (χ4v) is 3.54. The van der Waals surface area contributed by atoms with Gasteiger partial charge in [0, 0.05) is 10.9 Å². The second-order valence-corrected chi connectivity index (χ2v) is 6.81. The number of benzene rings is 2. The van der Waals surface area contributed by atoms with Crippen molar-refractivity contribution in [1.29, 1.82) is 0 Å². The lowest BCUT2D eigenvalue weighted by Crippen LogP contribution is -2.27. The molecule has 1 N–H and O–H groups in total. The Labute approximate surface area is 143 Å². The number of hydrogen-bond donors (Lipinski definition) is 1. The van der Waals surface area contributed by atoms with Gasteiger partial charge in [-0.05, 0) is 42.7 Å². The van der Waals surface area contributed by atoms with E-state index in [-0.39, 0.29) is 11.7 Å². The zero-order chi connectivity index (χ0) is 16.6. The fourth-order valence-electron chi connectivity index (χ4n) is 2.83. The van der Waals surface area contributed by atoms with Gasteiger partial charge in [0.15, 0.2) is 5.13 Å². The van der Waals surface area contributed by atoms with Gasteiger partial charge in [-0.3, -0.25) is 4.79 Å². The minimum absolute atomic E-state index is 0.00583. The van der Waals surface area contributed by atoms with Crippen LogP contribution in [0.4, 0.5) is 9.52 Å². The summed E-state index contributed by atoms with van der Waals surface area (Å²) in [5, 5.41) is 5.38. The average molecular weight is 338 g/mol. The fraction of sp³-hybridized carbons (Fsp3) is 0.158. The molecule has 1 heterocycles. The van der Waals surface area contributed by atoms with Crippen molar-refractivity contribution in [3.05, 3.63) is 71.4 Å². The quantitative estimate of drug-likeness (QED) is 0.754. The van der Waals surface area contributed by atoms with Crippen LogP contribution in [0.5, 0.6) is 0 Å². The van der Waals surface area contributed by atoms with Gasteiger partial charge in [0.05, 0.1) is 11.1 Å². The Morgan fingerprint density at radius 1 is 1.08 bits per heavy atom. The molecule has 120 valence electrons. The van der Waals surface area contributed by atoms with Gasteiger partial charge >= 0.3 is 0 Å². The summed E-state index contributed by atoms with van der Waals surface area (Å²) >= 11 is 1.38. The maximum absolute atomic E-state index is 13.0. The maximum Gasteiger partial charge on any atom is 0.236 e. The number of rotatable bonds is 4. The second-order valence-electron chi connectivity index (χ2n) is 5.95. The van der Waals surface area contributed by atoms with E-state index in [2.05, 4.69) is 10.3 Å². The van der Waals surface area contributed by atoms with Crippen LogP contribution < -0.4 is 5.32 Å². The monoisotopic (exact) mass is 338 g/mol. The number of carbonyl (C=O) groups excluding carboxylic acids is 1. The van der Waals surface area contributed by atoms with Crippen molar-refractivity contribution in [3.63, 3.8) is 0 Å². The molecule has 1 aliphatic carbocycles. The van der Waals surface area contributed by atoms with Gasteiger partial charge < -0.3 is 5.32 Å². The highest BCUT2D eigenvalue weighted by atomic mass is 32.1. The molecule has 1 fully saturated rings. The third-order valence-corrected chi connectivity index (χ3v) is 5.13. The Hall–Kier alpha value is -2.53. The molecule has 1 aromatic heterocycles. The number of hydrogen-bond acceptors (Lipinski definition) is 3. The lowest BCUT2D eigenvalue weighted by atomic mass is 9.95. The molecule has 0 aliphatic heterocycles. The molecule has 4 rings (SSSR count). The second kappa shape index (κ2) is 5.83. The highest BCUT2D eigenvalue weighted by molar-refractivity contribution is 7.14. The summed E-state index contributed by atoms with van der Waals surface area (Å²) in [6, 6.07) is 16.0. The highest BCUT2D eigenvalue weighted by Crippen LogP contribution is 2.49. The number of aromatic nitrogens is 1. The van der Waals surface area contributed by atoms with E-state index in [1.807, 2.05) is 35.7 Å². The van der Waals surface area contributed by atoms with Crippen LogP contribution in [0.2, 0.25) is 0 Å². The number of carbonyl (C=O) groups is 1. The minimum Gasteiger partial charge on any atom is -0.301 e. The summed E-state index contributed by atoms with van der Waals surface area (Å²) in [6.45, 7) is 0. The zero-order valence-corrected chi connectivity index (χ0v) is 13.6. The average Bonchev–Trinajstić information content (AvgIpc) is 3.31. The lowest BCUT2D eigenvalue weighted by Gasteiger charge is -2.14. The van der Waals surface area contributed by atoms with E-state index in [9.17, 15) is 9.18 Å². The van der Waals surface area contributed by atoms with Crippen molar-refractivity contribution in [2.45, 2.75) is 18.3 Å². The normalized spacial score (nSPS) is 15.0. The summed E-state index contributed by atoms with van der Waals surface area (Å²) in [6.07, 6.45) is 1.72. The Morgan fingerprint density at radius 3 is 2.46 bits per heavy atom. The minimum atomic E-state index is -0.414. The molecular formula is C19H15FN2OS. The Morgan fingerprint density at radius 2 is 1.79 bits per heavy atom. The lowest BCUT2D eigenvalue weighted by molar-refractivity contribution is -0.118. The molecular weight excluding hydrogens is 323 g/mol. The highest BCUT2D eigenvalue weighted by Gasteiger charge is 2.51. The Balaban J connectivity index is 1.52. The van der Waals surface area contributed by atoms with Crippen molar-refractivity contribution in [2.24, 2.45) is 0 Å². The van der Waals surface area contributed by atoms with Crippen LogP contribution in [-0.4, -0.2) is 10.9 Å². The van der Waals surface area contributed by atoms with E-state index in [4.69, 9.17) is 0 Å². The first-order valence-corrected chi connectivity index (χ1v) is 8.64. The molecule has 0 radical (unpaired) electrons. The smallest absolute Gasteiger partial charge is 0.236 e. The molecule has 24 heavy (non-hydrogen) atoms. The molecule has 5 heteroatoms. The van der Waals surface area contributed by atoms with Gasteiger partial charge in [0.1, 0.15) is 5.82 Å². The van der Waals surface area contributed by atoms with Gasteiger partial charge in [0.25, 0.3) is 0 Å². The third-order valence-electron chi connectivity index (χ3n) is 4.38. The van der Waals surface area contributed by atoms with Crippen LogP contribution in [0, 0.1) is 5.82 Å². The first kappa shape index (κ1) is 15.0. The van der Waals surface area contributed by atoms with Crippen LogP contribution in [0.15, 0.2) is 60.0 Å². The standard InChI is InChI=1S/C19H15FN2OS/c20-15-8-6-13(7-9-15)16-12-24-18(21-16)22-17(23)19(10-11-19)14-4-2-1-3-5-14/h1-9,12H,10-11H2,(H,21,22,23). The van der Waals surface area contributed by atoms with Crippen molar-refractivity contribution in [3.8, 4) is 11.3 Å². The number of nitrogens with one attached hydrogen (secondary N) is 1. The van der Waals surface area contributed by atoms with E-state index >= 15 is 0 Å². The summed E-state index contributed by atoms with van der Waals surface area (Å²) in [5.41, 5.74) is 2.21. The topological polar surface area (TPSA) is 42.0 Å². The van der Waals surface area contributed by atoms with Crippen LogP contribution in [-0.2, 0) is 10.2 Å². The predicted octanol–water partition coefficient (Wildman–Crippen LogP) is 4.62. The van der Waals surface area contributed by atoms with E-state index in [0.717, 1.165) is 29.7 Å². The van der Waals surface area contributed by atoms with Crippen molar-refractivity contribution in [1.82, 2.24) is 4.98 Å². The van der Waals surface area contributed by atoms with Crippen LogP contribution in [0.1, 0.15) is 18.4 Å². The number of thiazole rings is 1. The molecule has 0 spiro atoms. The first-order valence-electron chi connectivity index (χ1n) is 7.76. The molecule has 0 saturated heterocycles. The molecule has 0 bridgehead atoms. The van der Waals surface area contributed by atoms with Crippen molar-refractivity contribution >= 4 is 22.4 Å². The summed E-state index contributed by atoms with van der Waals surface area (Å²) in [7, 11) is 0. The Bertz CT molecular complexity index is 870. The van der Waals surface area contributed by atoms with Crippen LogP contribution >= 0.6 is 11.3 Å². The number of halogens is 1. The maximum atomic E-state index is 13.0. The number of amides is 1. The molecule has 1 saturated carbocycles. The van der Waals surface area contributed by atoms with Crippen molar-refractivity contribution in [2.75, 3.05) is 5.32 Å². The van der Waals surface area contributed by atoms with E-state index < -0.39 is 5.41 Å². The first-order chi connectivity index (χ1) is 11.7. The van der Waals surface area contributed by atoms with E-state index in [0.29, 0.717) is 5.13 Å². The van der Waals surface area contributed by atoms with Gasteiger partial charge in [-0.1, -0.05) is 30.3 Å².